The Balaban J connectivity index is 1.59. The number of aromatic nitrogens is 1. The number of non-ortho nitro benzene ring substituents is 1. The summed E-state index contributed by atoms with van der Waals surface area (Å²) in [6, 6.07) is 18.6. The minimum Gasteiger partial charge on any atom is -0.457 e. The fourth-order valence-electron chi connectivity index (χ4n) is 2.82. The number of hydrogen-bond acceptors (Lipinski definition) is 4. The number of nitro benzene ring substituents is 1. The molecular weight excluding hydrogens is 344 g/mol. The van der Waals surface area contributed by atoms with Crippen LogP contribution in [0.1, 0.15) is 11.5 Å². The number of rotatable bonds is 4. The normalized spacial score (nSPS) is 11.3. The first-order chi connectivity index (χ1) is 13.1. The maximum Gasteiger partial charge on any atom is 0.269 e. The zero-order chi connectivity index (χ0) is 18.8. The fraction of sp³-hybridized carbons (Fsp3) is 0. The summed E-state index contributed by atoms with van der Waals surface area (Å²) < 4.78 is 5.76. The standard InChI is InChI=1S/C21H14N2O4/c24-20-13-15(22-19-4-2-1-3-18(19)20)7-10-17-11-12-21(27-17)14-5-8-16(9-6-14)23(25)26/h1-13H,(H,22,24). The summed E-state index contributed by atoms with van der Waals surface area (Å²) >= 11 is 0. The van der Waals surface area contributed by atoms with Crippen molar-refractivity contribution in [1.82, 2.24) is 4.98 Å². The Morgan fingerprint density at radius 1 is 0.963 bits per heavy atom. The lowest BCUT2D eigenvalue weighted by Gasteiger charge is -1.99. The average Bonchev–Trinajstić information content (AvgIpc) is 3.15. The van der Waals surface area contributed by atoms with Crippen molar-refractivity contribution in [2.45, 2.75) is 0 Å². The number of benzene rings is 2. The molecule has 27 heavy (non-hydrogen) atoms. The van der Waals surface area contributed by atoms with E-state index < -0.39 is 4.92 Å². The van der Waals surface area contributed by atoms with Crippen LogP contribution in [-0.2, 0) is 0 Å². The predicted octanol–water partition coefficient (Wildman–Crippen LogP) is 4.87. The average molecular weight is 358 g/mol. The quantitative estimate of drug-likeness (QED) is 0.416. The van der Waals surface area contributed by atoms with E-state index in [1.807, 2.05) is 18.2 Å². The molecule has 2 aromatic carbocycles. The molecule has 6 nitrogen and oxygen atoms in total. The van der Waals surface area contributed by atoms with Gasteiger partial charge >= 0.3 is 0 Å². The van der Waals surface area contributed by atoms with E-state index in [-0.39, 0.29) is 11.1 Å². The molecule has 0 fully saturated rings. The summed E-state index contributed by atoms with van der Waals surface area (Å²) in [5.41, 5.74) is 2.18. The fourth-order valence-corrected chi connectivity index (χ4v) is 2.82. The molecule has 132 valence electrons. The molecule has 1 N–H and O–H groups in total. The van der Waals surface area contributed by atoms with Gasteiger partial charge in [-0.2, -0.15) is 0 Å². The van der Waals surface area contributed by atoms with Gasteiger partial charge in [-0.1, -0.05) is 12.1 Å². The van der Waals surface area contributed by atoms with Crippen molar-refractivity contribution >= 4 is 28.7 Å². The maximum atomic E-state index is 12.2. The third kappa shape index (κ3) is 3.41. The molecule has 0 amide bonds. The van der Waals surface area contributed by atoms with Crippen molar-refractivity contribution in [1.29, 1.82) is 0 Å². The third-order valence-corrected chi connectivity index (χ3v) is 4.17. The van der Waals surface area contributed by atoms with Crippen LogP contribution in [0.25, 0.3) is 34.4 Å². The molecule has 0 atom stereocenters. The molecule has 6 heteroatoms. The molecule has 0 aliphatic heterocycles. The highest BCUT2D eigenvalue weighted by molar-refractivity contribution is 5.80. The highest BCUT2D eigenvalue weighted by atomic mass is 16.6. The molecule has 0 saturated heterocycles. The lowest BCUT2D eigenvalue weighted by atomic mass is 10.1. The smallest absolute Gasteiger partial charge is 0.269 e. The third-order valence-electron chi connectivity index (χ3n) is 4.17. The number of furan rings is 1. The molecule has 2 aromatic heterocycles. The maximum absolute atomic E-state index is 12.2. The Labute approximate surface area is 153 Å². The van der Waals surface area contributed by atoms with Gasteiger partial charge in [0.2, 0.25) is 0 Å². The van der Waals surface area contributed by atoms with Gasteiger partial charge in [0, 0.05) is 40.4 Å². The Bertz CT molecular complexity index is 1220. The van der Waals surface area contributed by atoms with Crippen LogP contribution in [0.15, 0.2) is 75.9 Å². The highest BCUT2D eigenvalue weighted by Crippen LogP contribution is 2.25. The molecule has 2 heterocycles. The zero-order valence-electron chi connectivity index (χ0n) is 14.1. The van der Waals surface area contributed by atoms with E-state index in [1.54, 1.807) is 48.6 Å². The number of aromatic amines is 1. The first-order valence-electron chi connectivity index (χ1n) is 8.25. The number of nitro groups is 1. The van der Waals surface area contributed by atoms with Crippen LogP contribution in [0.5, 0.6) is 0 Å². The van der Waals surface area contributed by atoms with Gasteiger partial charge in [0.15, 0.2) is 5.43 Å². The SMILES string of the molecule is O=c1cc(C=Cc2ccc(-c3ccc([N+](=O)[O-])cc3)o2)[nH]c2ccccc12. The van der Waals surface area contributed by atoms with Gasteiger partial charge in [-0.15, -0.1) is 0 Å². The second-order valence-corrected chi connectivity index (χ2v) is 5.97. The minimum atomic E-state index is -0.440. The van der Waals surface area contributed by atoms with Gasteiger partial charge < -0.3 is 9.40 Å². The summed E-state index contributed by atoms with van der Waals surface area (Å²) in [6.45, 7) is 0. The van der Waals surface area contributed by atoms with Crippen molar-refractivity contribution in [3.8, 4) is 11.3 Å². The molecule has 0 spiro atoms. The lowest BCUT2D eigenvalue weighted by Crippen LogP contribution is -2.02. The summed E-state index contributed by atoms with van der Waals surface area (Å²) in [5.74, 6) is 1.22. The molecule has 0 aliphatic rings. The topological polar surface area (TPSA) is 89.1 Å². The number of pyridine rings is 1. The van der Waals surface area contributed by atoms with Gasteiger partial charge in [-0.25, -0.2) is 0 Å². The Hall–Kier alpha value is -3.93. The molecular formula is C21H14N2O4. The number of para-hydroxylation sites is 1. The molecule has 0 bridgehead atoms. The monoisotopic (exact) mass is 358 g/mol. The van der Waals surface area contributed by atoms with Crippen LogP contribution < -0.4 is 5.43 Å². The van der Waals surface area contributed by atoms with Crippen molar-refractivity contribution in [2.24, 2.45) is 0 Å². The Morgan fingerprint density at radius 3 is 2.52 bits per heavy atom. The summed E-state index contributed by atoms with van der Waals surface area (Å²) in [6.07, 6.45) is 3.53. The van der Waals surface area contributed by atoms with Crippen molar-refractivity contribution < 1.29 is 9.34 Å². The summed E-state index contributed by atoms with van der Waals surface area (Å²) in [5, 5.41) is 11.4. The Morgan fingerprint density at radius 2 is 1.74 bits per heavy atom. The molecule has 0 unspecified atom stereocenters. The Kier molecular flexibility index (Phi) is 4.14. The van der Waals surface area contributed by atoms with E-state index >= 15 is 0 Å². The van der Waals surface area contributed by atoms with Crippen molar-refractivity contribution in [3.63, 3.8) is 0 Å². The van der Waals surface area contributed by atoms with Crippen LogP contribution in [0.4, 0.5) is 5.69 Å². The van der Waals surface area contributed by atoms with Crippen LogP contribution in [0.3, 0.4) is 0 Å². The molecule has 0 aliphatic carbocycles. The van der Waals surface area contributed by atoms with Gasteiger partial charge in [0.05, 0.1) is 4.92 Å². The van der Waals surface area contributed by atoms with E-state index in [4.69, 9.17) is 4.42 Å². The summed E-state index contributed by atoms with van der Waals surface area (Å²) in [4.78, 5) is 25.6. The molecule has 4 rings (SSSR count). The summed E-state index contributed by atoms with van der Waals surface area (Å²) in [7, 11) is 0. The number of hydrogen-bond donors (Lipinski definition) is 1. The van der Waals surface area contributed by atoms with E-state index in [9.17, 15) is 14.9 Å². The first kappa shape index (κ1) is 16.5. The lowest BCUT2D eigenvalue weighted by molar-refractivity contribution is -0.384. The van der Waals surface area contributed by atoms with Crippen LogP contribution >= 0.6 is 0 Å². The van der Waals surface area contributed by atoms with E-state index in [0.717, 1.165) is 11.1 Å². The number of nitrogens with one attached hydrogen (secondary N) is 1. The van der Waals surface area contributed by atoms with Gasteiger partial charge in [-0.3, -0.25) is 14.9 Å². The molecule has 4 aromatic rings. The van der Waals surface area contributed by atoms with E-state index in [1.165, 1.54) is 12.1 Å². The van der Waals surface area contributed by atoms with Crippen LogP contribution in [0.2, 0.25) is 0 Å². The zero-order valence-corrected chi connectivity index (χ0v) is 14.1. The van der Waals surface area contributed by atoms with Crippen LogP contribution in [-0.4, -0.2) is 9.91 Å². The second-order valence-electron chi connectivity index (χ2n) is 5.97. The largest absolute Gasteiger partial charge is 0.457 e. The van der Waals surface area contributed by atoms with Crippen molar-refractivity contribution in [2.75, 3.05) is 0 Å². The highest BCUT2D eigenvalue weighted by Gasteiger charge is 2.08. The minimum absolute atomic E-state index is 0.0330. The number of fused-ring (bicyclic) bond motifs is 1. The van der Waals surface area contributed by atoms with E-state index in [2.05, 4.69) is 4.98 Å². The predicted molar refractivity (Wildman–Crippen MR) is 104 cm³/mol. The number of nitrogens with zero attached hydrogens (tertiary/aromatic N) is 1. The molecule has 0 saturated carbocycles. The molecule has 0 radical (unpaired) electrons. The van der Waals surface area contributed by atoms with Gasteiger partial charge in [0.1, 0.15) is 11.5 Å². The van der Waals surface area contributed by atoms with Crippen LogP contribution in [0, 0.1) is 10.1 Å². The van der Waals surface area contributed by atoms with Gasteiger partial charge in [0.25, 0.3) is 5.69 Å². The van der Waals surface area contributed by atoms with E-state index in [0.29, 0.717) is 22.6 Å². The first-order valence-corrected chi connectivity index (χ1v) is 8.25. The number of H-pyrrole nitrogens is 1. The van der Waals surface area contributed by atoms with Gasteiger partial charge in [-0.05, 0) is 48.6 Å². The van der Waals surface area contributed by atoms with Crippen molar-refractivity contribution in [3.05, 3.63) is 98.5 Å². The second kappa shape index (κ2) is 6.76.